The Morgan fingerprint density at radius 3 is 2.20 bits per heavy atom. The summed E-state index contributed by atoms with van der Waals surface area (Å²) in [6, 6.07) is 48.0. The van der Waals surface area contributed by atoms with Gasteiger partial charge in [-0.3, -0.25) is 4.98 Å². The first-order valence-corrected chi connectivity index (χ1v) is 16.7. The van der Waals surface area contributed by atoms with Crippen LogP contribution in [0, 0.1) is 32.9 Å². The first-order valence-electron chi connectivity index (χ1n) is 16.7. The molecule has 0 aliphatic rings. The Bertz CT molecular complexity index is 2610. The van der Waals surface area contributed by atoms with Gasteiger partial charge in [0.1, 0.15) is 5.58 Å². The quantitative estimate of drug-likeness (QED) is 0.166. The molecule has 0 aliphatic carbocycles. The topological polar surface area (TPSA) is 51.8 Å². The molecule has 4 nitrogen and oxygen atoms in total. The monoisotopic (exact) mass is 836 g/mol. The Morgan fingerprint density at radius 1 is 0.569 bits per heavy atom. The number of fused-ring (bicyclic) bond motifs is 4. The minimum absolute atomic E-state index is 0. The average molecular weight is 836 g/mol. The number of hydrogen-bond acceptors (Lipinski definition) is 4. The van der Waals surface area contributed by atoms with E-state index in [-0.39, 0.29) is 20.1 Å². The third-order valence-corrected chi connectivity index (χ3v) is 9.10. The molecule has 249 valence electrons. The Hall–Kier alpha value is -5.74. The van der Waals surface area contributed by atoms with Gasteiger partial charge in [-0.25, -0.2) is 0 Å². The third kappa shape index (κ3) is 6.62. The molecule has 0 saturated heterocycles. The van der Waals surface area contributed by atoms with Crippen LogP contribution in [0.5, 0.6) is 0 Å². The third-order valence-electron chi connectivity index (χ3n) is 9.10. The fourth-order valence-corrected chi connectivity index (χ4v) is 6.53. The summed E-state index contributed by atoms with van der Waals surface area (Å²) in [5.41, 5.74) is 13.6. The van der Waals surface area contributed by atoms with Crippen LogP contribution in [-0.2, 0) is 20.1 Å². The molecule has 0 unspecified atom stereocenters. The zero-order valence-corrected chi connectivity index (χ0v) is 30.8. The molecule has 0 fully saturated rings. The van der Waals surface area contributed by atoms with Crippen molar-refractivity contribution >= 4 is 32.7 Å². The van der Waals surface area contributed by atoms with Gasteiger partial charge in [0, 0.05) is 61.2 Å². The van der Waals surface area contributed by atoms with E-state index in [2.05, 4.69) is 127 Å². The van der Waals surface area contributed by atoms with Crippen LogP contribution < -0.4 is 0 Å². The van der Waals surface area contributed by atoms with E-state index >= 15 is 0 Å². The van der Waals surface area contributed by atoms with E-state index in [1.54, 1.807) is 6.20 Å². The first-order chi connectivity index (χ1) is 24.5. The van der Waals surface area contributed by atoms with Gasteiger partial charge in [-0.05, 0) is 58.1 Å². The number of aryl methyl sites for hydroxylation is 3. The van der Waals surface area contributed by atoms with E-state index in [4.69, 9.17) is 4.42 Å². The van der Waals surface area contributed by atoms with Gasteiger partial charge in [-0.15, -0.1) is 53.1 Å². The molecule has 0 N–H and O–H groups in total. The molecule has 0 aliphatic heterocycles. The molecule has 9 rings (SSSR count). The second kappa shape index (κ2) is 14.6. The molecule has 0 atom stereocenters. The van der Waals surface area contributed by atoms with Crippen molar-refractivity contribution < 1.29 is 24.5 Å². The van der Waals surface area contributed by atoms with Crippen molar-refractivity contribution in [3.05, 3.63) is 175 Å². The second-order valence-electron chi connectivity index (χ2n) is 12.5. The smallest absolute Gasteiger partial charge is 0.128 e. The van der Waals surface area contributed by atoms with Gasteiger partial charge in [0.05, 0.1) is 5.58 Å². The molecule has 0 saturated carbocycles. The summed E-state index contributed by atoms with van der Waals surface area (Å²) in [4.78, 5) is 13.4. The fraction of sp³-hybridized carbons (Fsp3) is 0.0652. The molecular weight excluding hydrogens is 803 g/mol. The Morgan fingerprint density at radius 2 is 1.39 bits per heavy atom. The SMILES string of the molecule is Cc1c[c-]c(-c2cc(-c3ccccc3)c(C)cn2)cc1.Cc1c[c-]c(-c2ccccn2)c2oc3c(-c4cccc5ccncc45)cccc3c12.[Ir]. The second-order valence-corrected chi connectivity index (χ2v) is 12.5. The van der Waals surface area contributed by atoms with Gasteiger partial charge in [0.25, 0.3) is 0 Å². The van der Waals surface area contributed by atoms with Gasteiger partial charge in [-0.1, -0.05) is 110 Å². The van der Waals surface area contributed by atoms with Gasteiger partial charge >= 0.3 is 0 Å². The number of rotatable bonds is 4. The van der Waals surface area contributed by atoms with Crippen LogP contribution in [0.3, 0.4) is 0 Å². The van der Waals surface area contributed by atoms with Gasteiger partial charge < -0.3 is 14.4 Å². The summed E-state index contributed by atoms with van der Waals surface area (Å²) in [6.45, 7) is 6.26. The van der Waals surface area contributed by atoms with E-state index < -0.39 is 0 Å². The summed E-state index contributed by atoms with van der Waals surface area (Å²) >= 11 is 0. The maximum absolute atomic E-state index is 6.56. The Kier molecular flexibility index (Phi) is 9.67. The zero-order valence-electron chi connectivity index (χ0n) is 28.4. The largest absolute Gasteiger partial charge is 0.500 e. The summed E-state index contributed by atoms with van der Waals surface area (Å²) < 4.78 is 6.56. The van der Waals surface area contributed by atoms with E-state index in [1.165, 1.54) is 22.3 Å². The molecule has 4 aromatic heterocycles. The van der Waals surface area contributed by atoms with Crippen LogP contribution >= 0.6 is 0 Å². The van der Waals surface area contributed by atoms with Gasteiger partial charge in [0.15, 0.2) is 0 Å². The molecule has 1 radical (unpaired) electrons. The van der Waals surface area contributed by atoms with Crippen molar-refractivity contribution in [1.82, 2.24) is 15.0 Å². The number of pyridine rings is 3. The van der Waals surface area contributed by atoms with Crippen LogP contribution in [0.25, 0.3) is 77.5 Å². The number of benzene rings is 5. The van der Waals surface area contributed by atoms with Crippen molar-refractivity contribution in [3.63, 3.8) is 0 Å². The molecular formula is C46H33IrN3O-2. The van der Waals surface area contributed by atoms with Crippen molar-refractivity contribution in [3.8, 4) is 44.8 Å². The maximum atomic E-state index is 6.56. The van der Waals surface area contributed by atoms with Crippen LogP contribution in [0.2, 0.25) is 0 Å². The van der Waals surface area contributed by atoms with E-state index in [0.29, 0.717) is 0 Å². The number of furan rings is 1. The van der Waals surface area contributed by atoms with Crippen molar-refractivity contribution in [2.45, 2.75) is 20.8 Å². The normalized spacial score (nSPS) is 10.9. The average Bonchev–Trinajstić information content (AvgIpc) is 3.57. The standard InChI is InChI=1S/C27H17N2O.C19H16N.Ir/c1-17-11-12-21(24-10-2-3-14-29-24)27-25(17)22-9-5-8-20(26(22)30-27)19-7-4-6-18-13-15-28-16-23(18)19;1-14-8-10-17(11-9-14)19-12-18(15(2)13-20-19)16-6-4-3-5-7-16;/h2-11,13-16H,1H3;3-10,12-13H,1-2H3;/q2*-1;. The van der Waals surface area contributed by atoms with E-state index in [9.17, 15) is 0 Å². The molecule has 5 aromatic carbocycles. The summed E-state index contributed by atoms with van der Waals surface area (Å²) in [5.74, 6) is 0. The van der Waals surface area contributed by atoms with E-state index in [1.807, 2.05) is 61.1 Å². The molecule has 5 heteroatoms. The molecule has 0 spiro atoms. The van der Waals surface area contributed by atoms with Crippen LogP contribution in [0.4, 0.5) is 0 Å². The summed E-state index contributed by atoms with van der Waals surface area (Å²) in [7, 11) is 0. The van der Waals surface area contributed by atoms with Gasteiger partial charge in [-0.2, -0.15) is 0 Å². The zero-order chi connectivity index (χ0) is 34.0. The van der Waals surface area contributed by atoms with Crippen LogP contribution in [0.1, 0.15) is 16.7 Å². The maximum Gasteiger partial charge on any atom is 0.128 e. The predicted molar refractivity (Wildman–Crippen MR) is 205 cm³/mol. The van der Waals surface area contributed by atoms with Crippen molar-refractivity contribution in [1.29, 1.82) is 0 Å². The molecule has 51 heavy (non-hydrogen) atoms. The molecule has 0 bridgehead atoms. The number of nitrogens with zero attached hydrogens (tertiary/aromatic N) is 3. The Labute approximate surface area is 311 Å². The number of para-hydroxylation sites is 1. The molecule has 0 amide bonds. The number of hydrogen-bond donors (Lipinski definition) is 0. The van der Waals surface area contributed by atoms with Crippen molar-refractivity contribution in [2.24, 2.45) is 0 Å². The fourth-order valence-electron chi connectivity index (χ4n) is 6.53. The minimum atomic E-state index is 0. The number of aromatic nitrogens is 3. The van der Waals surface area contributed by atoms with Gasteiger partial charge in [0.2, 0.25) is 0 Å². The molecule has 9 aromatic rings. The summed E-state index contributed by atoms with van der Waals surface area (Å²) in [5, 5.41) is 4.49. The van der Waals surface area contributed by atoms with Crippen molar-refractivity contribution in [2.75, 3.05) is 0 Å². The minimum Gasteiger partial charge on any atom is -0.500 e. The van der Waals surface area contributed by atoms with E-state index in [0.717, 1.165) is 71.9 Å². The predicted octanol–water partition coefficient (Wildman–Crippen LogP) is 11.8. The molecule has 4 heterocycles. The Balaban J connectivity index is 0.000000169. The van der Waals surface area contributed by atoms with Crippen LogP contribution in [-0.4, -0.2) is 15.0 Å². The van der Waals surface area contributed by atoms with Crippen LogP contribution in [0.15, 0.2) is 151 Å². The first kappa shape index (κ1) is 33.7. The summed E-state index contributed by atoms with van der Waals surface area (Å²) in [6.07, 6.45) is 7.48.